The van der Waals surface area contributed by atoms with Crippen molar-refractivity contribution in [2.24, 2.45) is 0 Å². The van der Waals surface area contributed by atoms with Crippen molar-refractivity contribution >= 4 is 29.2 Å². The quantitative estimate of drug-likeness (QED) is 0.487. The lowest BCUT2D eigenvalue weighted by Crippen LogP contribution is -2.19. The second-order valence-electron chi connectivity index (χ2n) is 3.12. The zero-order valence-electron chi connectivity index (χ0n) is 9.49. The molecule has 0 aliphatic heterocycles. The van der Waals surface area contributed by atoms with Gasteiger partial charge in [0.2, 0.25) is 5.28 Å². The van der Waals surface area contributed by atoms with Crippen molar-refractivity contribution in [3.63, 3.8) is 0 Å². The lowest BCUT2D eigenvalue weighted by molar-refractivity contribution is -0.140. The molecule has 0 amide bonds. The van der Waals surface area contributed by atoms with Crippen molar-refractivity contribution in [2.45, 2.75) is 13.8 Å². The minimum absolute atomic E-state index is 0.00126. The van der Waals surface area contributed by atoms with Crippen molar-refractivity contribution in [3.8, 4) is 0 Å². The maximum Gasteiger partial charge on any atom is 0.325 e. The summed E-state index contributed by atoms with van der Waals surface area (Å²) in [5, 5.41) is 2.69. The molecule has 1 aromatic rings. The van der Waals surface area contributed by atoms with E-state index in [1.54, 1.807) is 6.92 Å². The van der Waals surface area contributed by atoms with Crippen LogP contribution in [-0.2, 0) is 9.53 Å². The van der Waals surface area contributed by atoms with Gasteiger partial charge in [0.05, 0.1) is 12.2 Å². The van der Waals surface area contributed by atoms with Gasteiger partial charge < -0.3 is 10.1 Å². The Kier molecular flexibility index (Phi) is 4.84. The van der Waals surface area contributed by atoms with Gasteiger partial charge >= 0.3 is 5.97 Å². The summed E-state index contributed by atoms with van der Waals surface area (Å²) in [7, 11) is 0. The number of carbonyl (C=O) groups is 2. The molecule has 0 aliphatic carbocycles. The van der Waals surface area contributed by atoms with Crippen LogP contribution in [0.15, 0.2) is 6.20 Å². The third-order valence-corrected chi connectivity index (χ3v) is 2.03. The van der Waals surface area contributed by atoms with Crippen LogP contribution in [0.2, 0.25) is 5.28 Å². The maximum absolute atomic E-state index is 11.3. The molecule has 0 atom stereocenters. The van der Waals surface area contributed by atoms with Gasteiger partial charge in [-0.15, -0.1) is 0 Å². The Labute approximate surface area is 103 Å². The monoisotopic (exact) mass is 257 g/mol. The van der Waals surface area contributed by atoms with E-state index in [4.69, 9.17) is 16.3 Å². The fourth-order valence-electron chi connectivity index (χ4n) is 1.12. The summed E-state index contributed by atoms with van der Waals surface area (Å²) in [6.45, 7) is 3.30. The topological polar surface area (TPSA) is 81.2 Å². The Bertz CT molecular complexity index is 437. The van der Waals surface area contributed by atoms with Gasteiger partial charge in [-0.25, -0.2) is 9.97 Å². The zero-order valence-corrected chi connectivity index (χ0v) is 10.2. The first-order valence-electron chi connectivity index (χ1n) is 4.97. The normalized spacial score (nSPS) is 9.82. The van der Waals surface area contributed by atoms with E-state index in [0.717, 1.165) is 0 Å². The van der Waals surface area contributed by atoms with Crippen LogP contribution in [0.25, 0.3) is 0 Å². The number of anilines is 1. The third-order valence-electron chi connectivity index (χ3n) is 1.84. The molecule has 0 saturated heterocycles. The zero-order chi connectivity index (χ0) is 12.8. The highest BCUT2D eigenvalue weighted by Gasteiger charge is 2.11. The molecule has 17 heavy (non-hydrogen) atoms. The Morgan fingerprint density at radius 1 is 1.53 bits per heavy atom. The number of nitrogens with zero attached hydrogens (tertiary/aromatic N) is 2. The van der Waals surface area contributed by atoms with Crippen molar-refractivity contribution in [1.29, 1.82) is 0 Å². The van der Waals surface area contributed by atoms with Gasteiger partial charge in [-0.2, -0.15) is 0 Å². The van der Waals surface area contributed by atoms with Crippen LogP contribution in [0.1, 0.15) is 24.2 Å². The molecular weight excluding hydrogens is 246 g/mol. The predicted octanol–water partition coefficient (Wildman–Crippen LogP) is 1.31. The van der Waals surface area contributed by atoms with Crippen LogP contribution in [0.5, 0.6) is 0 Å². The highest BCUT2D eigenvalue weighted by molar-refractivity contribution is 6.28. The average molecular weight is 258 g/mol. The Morgan fingerprint density at radius 3 is 2.82 bits per heavy atom. The molecule has 0 aliphatic rings. The number of hydrogen-bond donors (Lipinski definition) is 1. The summed E-state index contributed by atoms with van der Waals surface area (Å²) < 4.78 is 4.73. The van der Waals surface area contributed by atoms with E-state index < -0.39 is 5.97 Å². The summed E-state index contributed by atoms with van der Waals surface area (Å²) in [4.78, 5) is 29.9. The second kappa shape index (κ2) is 6.15. The molecule has 0 radical (unpaired) electrons. The van der Waals surface area contributed by atoms with Crippen LogP contribution >= 0.6 is 11.6 Å². The molecule has 1 aromatic heterocycles. The molecule has 1 N–H and O–H groups in total. The van der Waals surface area contributed by atoms with Crippen LogP contribution in [0.3, 0.4) is 0 Å². The molecule has 7 heteroatoms. The van der Waals surface area contributed by atoms with Crippen LogP contribution in [0.4, 0.5) is 5.82 Å². The molecule has 0 fully saturated rings. The lowest BCUT2D eigenvalue weighted by Gasteiger charge is -2.08. The largest absolute Gasteiger partial charge is 0.465 e. The number of rotatable bonds is 5. The molecule has 0 spiro atoms. The molecular formula is C10H12ClN3O3. The highest BCUT2D eigenvalue weighted by atomic mass is 35.5. The number of halogens is 1. The SMILES string of the molecule is CCOC(=O)CNc1nc(Cl)ncc1C(C)=O. The van der Waals surface area contributed by atoms with Gasteiger partial charge in [0, 0.05) is 6.20 Å². The summed E-state index contributed by atoms with van der Waals surface area (Å²) in [6.07, 6.45) is 1.31. The molecule has 0 saturated carbocycles. The maximum atomic E-state index is 11.3. The second-order valence-corrected chi connectivity index (χ2v) is 3.45. The Hall–Kier alpha value is -1.69. The summed E-state index contributed by atoms with van der Waals surface area (Å²) in [5.41, 5.74) is 0.277. The molecule has 0 aromatic carbocycles. The van der Waals surface area contributed by atoms with E-state index in [2.05, 4.69) is 15.3 Å². The van der Waals surface area contributed by atoms with Gasteiger partial charge in [0.15, 0.2) is 5.78 Å². The van der Waals surface area contributed by atoms with E-state index in [1.807, 2.05) is 0 Å². The molecule has 0 bridgehead atoms. The Morgan fingerprint density at radius 2 is 2.24 bits per heavy atom. The minimum Gasteiger partial charge on any atom is -0.465 e. The number of hydrogen-bond acceptors (Lipinski definition) is 6. The van der Waals surface area contributed by atoms with Crippen molar-refractivity contribution < 1.29 is 14.3 Å². The first kappa shape index (κ1) is 13.4. The van der Waals surface area contributed by atoms with Crippen molar-refractivity contribution in [1.82, 2.24) is 9.97 Å². The van der Waals surface area contributed by atoms with Crippen LogP contribution < -0.4 is 5.32 Å². The van der Waals surface area contributed by atoms with E-state index in [1.165, 1.54) is 13.1 Å². The highest BCUT2D eigenvalue weighted by Crippen LogP contribution is 2.14. The molecule has 1 heterocycles. The van der Waals surface area contributed by atoms with E-state index in [9.17, 15) is 9.59 Å². The van der Waals surface area contributed by atoms with E-state index in [0.29, 0.717) is 6.61 Å². The summed E-state index contributed by atoms with van der Waals surface area (Å²) >= 11 is 5.61. The molecule has 1 rings (SSSR count). The van der Waals surface area contributed by atoms with Gasteiger partial charge in [-0.1, -0.05) is 0 Å². The van der Waals surface area contributed by atoms with Gasteiger partial charge in [0.25, 0.3) is 0 Å². The van der Waals surface area contributed by atoms with Gasteiger partial charge in [0.1, 0.15) is 12.4 Å². The average Bonchev–Trinajstić information content (AvgIpc) is 2.26. The summed E-state index contributed by atoms with van der Waals surface area (Å²) in [5.74, 6) is -0.421. The third kappa shape index (κ3) is 3.99. The number of carbonyl (C=O) groups excluding carboxylic acids is 2. The van der Waals surface area contributed by atoms with Crippen molar-refractivity contribution in [3.05, 3.63) is 17.0 Å². The fraction of sp³-hybridized carbons (Fsp3) is 0.400. The minimum atomic E-state index is -0.434. The lowest BCUT2D eigenvalue weighted by atomic mass is 10.2. The fourth-order valence-corrected chi connectivity index (χ4v) is 1.25. The number of aromatic nitrogens is 2. The number of nitrogens with one attached hydrogen (secondary N) is 1. The number of esters is 1. The molecule has 0 unspecified atom stereocenters. The standard InChI is InChI=1S/C10H12ClN3O3/c1-3-17-8(16)5-12-9-7(6(2)15)4-13-10(11)14-9/h4H,3,5H2,1-2H3,(H,12,13,14). The Balaban J connectivity index is 2.78. The number of Topliss-reactive ketones (excluding diaryl/α,β-unsaturated/α-hetero) is 1. The van der Waals surface area contributed by atoms with Gasteiger partial charge in [-0.3, -0.25) is 9.59 Å². The van der Waals surface area contributed by atoms with Crippen LogP contribution in [-0.4, -0.2) is 34.9 Å². The van der Waals surface area contributed by atoms with Crippen LogP contribution in [0, 0.1) is 0 Å². The first-order chi connectivity index (χ1) is 8.04. The van der Waals surface area contributed by atoms with Crippen molar-refractivity contribution in [2.75, 3.05) is 18.5 Å². The number of ether oxygens (including phenoxy) is 1. The molecule has 6 nitrogen and oxygen atoms in total. The van der Waals surface area contributed by atoms with E-state index in [-0.39, 0.29) is 29.0 Å². The smallest absolute Gasteiger partial charge is 0.325 e. The summed E-state index contributed by atoms with van der Waals surface area (Å²) in [6, 6.07) is 0. The van der Waals surface area contributed by atoms with E-state index >= 15 is 0 Å². The van der Waals surface area contributed by atoms with Gasteiger partial charge in [-0.05, 0) is 25.4 Å². The predicted molar refractivity (Wildman–Crippen MR) is 62.2 cm³/mol. The molecule has 92 valence electrons. The number of ketones is 1. The first-order valence-corrected chi connectivity index (χ1v) is 5.35.